The molecule has 4 aromatic rings. The fourth-order valence-corrected chi connectivity index (χ4v) is 5.46. The summed E-state index contributed by atoms with van der Waals surface area (Å²) in [4.78, 5) is 43.4. The summed E-state index contributed by atoms with van der Waals surface area (Å²) in [6, 6.07) is 27.0. The summed E-state index contributed by atoms with van der Waals surface area (Å²) in [7, 11) is 0. The molecule has 0 spiro atoms. The molecule has 0 heterocycles. The van der Waals surface area contributed by atoms with E-state index in [2.05, 4.69) is 10.6 Å². The Balaban J connectivity index is 1.53. The zero-order chi connectivity index (χ0) is 31.4. The van der Waals surface area contributed by atoms with Gasteiger partial charge in [-0.25, -0.2) is 4.79 Å². The molecule has 0 bridgehead atoms. The Labute approximate surface area is 258 Å². The lowest BCUT2D eigenvalue weighted by molar-refractivity contribution is -0.141. The third-order valence-electron chi connectivity index (χ3n) is 7.68. The second kappa shape index (κ2) is 12.8. The molecule has 1 fully saturated rings. The summed E-state index contributed by atoms with van der Waals surface area (Å²) in [5.41, 5.74) is 1.13. The van der Waals surface area contributed by atoms with Gasteiger partial charge in [-0.3, -0.25) is 9.59 Å². The van der Waals surface area contributed by atoms with E-state index in [1.807, 2.05) is 79.7 Å². The van der Waals surface area contributed by atoms with E-state index in [0.29, 0.717) is 17.7 Å². The third kappa shape index (κ3) is 7.56. The van der Waals surface area contributed by atoms with E-state index >= 15 is 0 Å². The van der Waals surface area contributed by atoms with E-state index in [0.717, 1.165) is 16.3 Å². The molecule has 0 saturated heterocycles. The van der Waals surface area contributed by atoms with Gasteiger partial charge in [-0.2, -0.15) is 0 Å². The van der Waals surface area contributed by atoms with E-state index in [-0.39, 0.29) is 24.1 Å². The van der Waals surface area contributed by atoms with Crippen LogP contribution in [0.4, 0.5) is 10.5 Å². The standard InChI is InChI=1S/C36H39N3O5/c1-23-19-31(23)39(34(42)30(20-24-11-6-5-7-12-24)38-35(43)44-36(2,3)4)32(27-15-10-16-29(40)22-27)33(41)37-28-18-17-25-13-8-9-14-26(25)21-28/h5-18,21-23,30-32,40H,19-20H2,1-4H3,(H,37,41)(H,38,43). The molecule has 4 atom stereocenters. The number of carbonyl (C=O) groups excluding carboxylic acids is 3. The van der Waals surface area contributed by atoms with E-state index in [9.17, 15) is 19.5 Å². The van der Waals surface area contributed by atoms with Crippen LogP contribution < -0.4 is 10.6 Å². The zero-order valence-corrected chi connectivity index (χ0v) is 25.5. The molecule has 44 heavy (non-hydrogen) atoms. The minimum absolute atomic E-state index is 0.0186. The Bertz CT molecular complexity index is 1650. The number of alkyl carbamates (subject to hydrolysis) is 1. The Kier molecular flexibility index (Phi) is 8.90. The number of amides is 3. The third-order valence-corrected chi connectivity index (χ3v) is 7.68. The van der Waals surface area contributed by atoms with Crippen molar-refractivity contribution >= 4 is 34.4 Å². The van der Waals surface area contributed by atoms with Crippen LogP contribution in [0.2, 0.25) is 0 Å². The molecule has 0 radical (unpaired) electrons. The number of rotatable bonds is 9. The van der Waals surface area contributed by atoms with Crippen molar-refractivity contribution in [3.8, 4) is 5.75 Å². The summed E-state index contributed by atoms with van der Waals surface area (Å²) >= 11 is 0. The maximum Gasteiger partial charge on any atom is 0.408 e. The molecule has 4 unspecified atom stereocenters. The van der Waals surface area contributed by atoms with Crippen molar-refractivity contribution < 1.29 is 24.2 Å². The maximum absolute atomic E-state index is 14.6. The fourth-order valence-electron chi connectivity index (χ4n) is 5.46. The number of ether oxygens (including phenoxy) is 1. The van der Waals surface area contributed by atoms with Gasteiger partial charge in [-0.15, -0.1) is 0 Å². The van der Waals surface area contributed by atoms with Gasteiger partial charge >= 0.3 is 6.09 Å². The molecule has 1 aliphatic rings. The van der Waals surface area contributed by atoms with Crippen LogP contribution in [0.5, 0.6) is 5.75 Å². The molecular formula is C36H39N3O5. The molecule has 0 aliphatic heterocycles. The van der Waals surface area contributed by atoms with Crippen LogP contribution in [0, 0.1) is 5.92 Å². The number of anilines is 1. The van der Waals surface area contributed by atoms with Gasteiger partial charge in [0.2, 0.25) is 5.91 Å². The lowest BCUT2D eigenvalue weighted by Crippen LogP contribution is -2.54. The number of carbonyl (C=O) groups is 3. The Hall–Kier alpha value is -4.85. The number of phenols is 1. The van der Waals surface area contributed by atoms with E-state index in [1.165, 1.54) is 12.1 Å². The summed E-state index contributed by atoms with van der Waals surface area (Å²) in [5.74, 6) is -0.703. The van der Waals surface area contributed by atoms with E-state index in [4.69, 9.17) is 4.74 Å². The number of benzene rings is 4. The minimum atomic E-state index is -1.07. The van der Waals surface area contributed by atoms with Gasteiger partial charge in [0.15, 0.2) is 0 Å². The number of aromatic hydroxyl groups is 1. The highest BCUT2D eigenvalue weighted by atomic mass is 16.6. The van der Waals surface area contributed by atoms with Gasteiger partial charge < -0.3 is 25.4 Å². The first kappa shape index (κ1) is 30.6. The van der Waals surface area contributed by atoms with Crippen LogP contribution in [-0.4, -0.2) is 45.6 Å². The molecule has 1 saturated carbocycles. The van der Waals surface area contributed by atoms with Gasteiger partial charge in [-0.1, -0.05) is 79.7 Å². The molecule has 5 rings (SSSR count). The Morgan fingerprint density at radius 2 is 1.59 bits per heavy atom. The highest BCUT2D eigenvalue weighted by molar-refractivity contribution is 6.00. The molecular weight excluding hydrogens is 554 g/mol. The summed E-state index contributed by atoms with van der Waals surface area (Å²) in [6.45, 7) is 7.30. The molecule has 1 aliphatic carbocycles. The first-order valence-corrected chi connectivity index (χ1v) is 14.9. The van der Waals surface area contributed by atoms with Crippen molar-refractivity contribution in [1.29, 1.82) is 0 Å². The quantitative estimate of drug-likeness (QED) is 0.203. The number of nitrogens with zero attached hydrogens (tertiary/aromatic N) is 1. The molecule has 8 heteroatoms. The molecule has 0 aromatic heterocycles. The van der Waals surface area contributed by atoms with Crippen LogP contribution in [0.3, 0.4) is 0 Å². The molecule has 3 N–H and O–H groups in total. The average molecular weight is 594 g/mol. The Morgan fingerprint density at radius 1 is 0.909 bits per heavy atom. The van der Waals surface area contributed by atoms with Crippen LogP contribution in [0.25, 0.3) is 10.8 Å². The minimum Gasteiger partial charge on any atom is -0.508 e. The van der Waals surface area contributed by atoms with Gasteiger partial charge in [-0.05, 0) is 79.3 Å². The van der Waals surface area contributed by atoms with Crippen molar-refractivity contribution in [3.05, 3.63) is 108 Å². The summed E-state index contributed by atoms with van der Waals surface area (Å²) in [5, 5.41) is 18.2. The lowest BCUT2D eigenvalue weighted by atomic mass is 9.99. The number of fused-ring (bicyclic) bond motifs is 1. The van der Waals surface area contributed by atoms with Gasteiger partial charge in [0.05, 0.1) is 0 Å². The van der Waals surface area contributed by atoms with Crippen molar-refractivity contribution in [2.75, 3.05) is 5.32 Å². The first-order valence-electron chi connectivity index (χ1n) is 14.9. The smallest absolute Gasteiger partial charge is 0.408 e. The number of phenolic OH excluding ortho intramolecular Hbond substituents is 1. The highest BCUT2D eigenvalue weighted by Gasteiger charge is 2.48. The molecule has 3 amide bonds. The van der Waals surface area contributed by atoms with Crippen LogP contribution in [0.15, 0.2) is 97.1 Å². The van der Waals surface area contributed by atoms with Crippen LogP contribution in [-0.2, 0) is 20.7 Å². The van der Waals surface area contributed by atoms with Gasteiger partial charge in [0.25, 0.3) is 5.91 Å². The predicted molar refractivity (Wildman–Crippen MR) is 171 cm³/mol. The number of hydrogen-bond donors (Lipinski definition) is 3. The topological polar surface area (TPSA) is 108 Å². The van der Waals surface area contributed by atoms with E-state index in [1.54, 1.807) is 37.8 Å². The average Bonchev–Trinajstić information content (AvgIpc) is 3.70. The maximum atomic E-state index is 14.6. The zero-order valence-electron chi connectivity index (χ0n) is 25.5. The summed E-state index contributed by atoms with van der Waals surface area (Å²) in [6.07, 6.45) is 0.190. The summed E-state index contributed by atoms with van der Waals surface area (Å²) < 4.78 is 5.52. The second-order valence-corrected chi connectivity index (χ2v) is 12.5. The largest absolute Gasteiger partial charge is 0.508 e. The van der Waals surface area contributed by atoms with Crippen molar-refractivity contribution in [1.82, 2.24) is 10.2 Å². The van der Waals surface area contributed by atoms with Gasteiger partial charge in [0, 0.05) is 18.2 Å². The van der Waals surface area contributed by atoms with Crippen molar-refractivity contribution in [2.24, 2.45) is 5.92 Å². The van der Waals surface area contributed by atoms with Crippen molar-refractivity contribution in [2.45, 2.75) is 64.3 Å². The van der Waals surface area contributed by atoms with Gasteiger partial charge in [0.1, 0.15) is 23.4 Å². The second-order valence-electron chi connectivity index (χ2n) is 12.5. The molecule has 4 aromatic carbocycles. The van der Waals surface area contributed by atoms with Crippen LogP contribution >= 0.6 is 0 Å². The molecule has 8 nitrogen and oxygen atoms in total. The fraction of sp³-hybridized carbons (Fsp3) is 0.306. The molecule has 228 valence electrons. The van der Waals surface area contributed by atoms with Crippen LogP contribution in [0.1, 0.15) is 51.3 Å². The normalized spacial score (nSPS) is 17.3. The lowest BCUT2D eigenvalue weighted by Gasteiger charge is -2.35. The Morgan fingerprint density at radius 3 is 2.25 bits per heavy atom. The highest BCUT2D eigenvalue weighted by Crippen LogP contribution is 2.41. The predicted octanol–water partition coefficient (Wildman–Crippen LogP) is 6.60. The SMILES string of the molecule is CC1CC1N(C(=O)C(Cc1ccccc1)NC(=O)OC(C)(C)C)C(C(=O)Nc1ccc2ccccc2c1)c1cccc(O)c1. The van der Waals surface area contributed by atoms with Crippen molar-refractivity contribution in [3.63, 3.8) is 0 Å². The number of hydrogen-bond acceptors (Lipinski definition) is 5. The first-order chi connectivity index (χ1) is 21.0. The monoisotopic (exact) mass is 593 g/mol. The van der Waals surface area contributed by atoms with E-state index < -0.39 is 35.6 Å². The number of nitrogens with one attached hydrogen (secondary N) is 2.